The van der Waals surface area contributed by atoms with Gasteiger partial charge in [-0.15, -0.1) is 0 Å². The summed E-state index contributed by atoms with van der Waals surface area (Å²) in [5, 5.41) is 1.25. The number of ether oxygens (including phenoxy) is 2. The first-order valence-corrected chi connectivity index (χ1v) is 10.6. The lowest BCUT2D eigenvalue weighted by atomic mass is 9.82. The van der Waals surface area contributed by atoms with E-state index in [0.29, 0.717) is 17.3 Å². The van der Waals surface area contributed by atoms with Crippen LogP contribution >= 0.6 is 23.2 Å². The molecule has 0 aliphatic carbocycles. The predicted octanol–water partition coefficient (Wildman–Crippen LogP) is 6.40. The van der Waals surface area contributed by atoms with Crippen LogP contribution in [0.5, 0.6) is 0 Å². The third kappa shape index (κ3) is 3.87. The maximum absolute atomic E-state index is 6.54. The van der Waals surface area contributed by atoms with Gasteiger partial charge >= 0.3 is 0 Å². The van der Waals surface area contributed by atoms with Gasteiger partial charge in [-0.3, -0.25) is 0 Å². The van der Waals surface area contributed by atoms with E-state index in [1.165, 1.54) is 0 Å². The lowest BCUT2D eigenvalue weighted by Gasteiger charge is -2.34. The van der Waals surface area contributed by atoms with Crippen LogP contribution in [-0.4, -0.2) is 21.7 Å². The maximum atomic E-state index is 6.54. The summed E-state index contributed by atoms with van der Waals surface area (Å²) in [6, 6.07) is 16.1. The van der Waals surface area contributed by atoms with Gasteiger partial charge in [0.1, 0.15) is 16.9 Å². The molecule has 3 aromatic rings. The largest absolute Gasteiger partial charge is 0.367 e. The quantitative estimate of drug-likeness (QED) is 0.347. The zero-order chi connectivity index (χ0) is 20.6. The molecule has 1 saturated heterocycles. The molecule has 1 aromatic heterocycles. The molecular weight excluding hydrogens is 407 g/mol. The second-order valence-corrected chi connectivity index (χ2v) is 8.47. The van der Waals surface area contributed by atoms with Crippen molar-refractivity contribution in [1.29, 1.82) is 0 Å². The van der Waals surface area contributed by atoms with Gasteiger partial charge in [0.15, 0.2) is 0 Å². The van der Waals surface area contributed by atoms with Crippen molar-refractivity contribution >= 4 is 34.1 Å². The lowest BCUT2D eigenvalue weighted by molar-refractivity contribution is -0.105. The van der Waals surface area contributed by atoms with E-state index >= 15 is 0 Å². The van der Waals surface area contributed by atoms with Crippen molar-refractivity contribution in [2.24, 2.45) is 5.92 Å². The molecule has 0 amide bonds. The molecule has 0 unspecified atom stereocenters. The van der Waals surface area contributed by atoms with Crippen molar-refractivity contribution in [3.05, 3.63) is 70.1 Å². The van der Waals surface area contributed by atoms with Crippen LogP contribution in [0.15, 0.2) is 48.5 Å². The van der Waals surface area contributed by atoms with Crippen LogP contribution in [0.25, 0.3) is 10.9 Å². The molecule has 29 heavy (non-hydrogen) atoms. The Bertz CT molecular complexity index is 1010. The SMILES string of the molecule is CC[C@H]1O[C@@H](c2ccc3c(Cl)nc(Cl)nc3c2)[C@](C)(OCc2ccccc2)[C@@H]1C. The van der Waals surface area contributed by atoms with E-state index in [-0.39, 0.29) is 23.4 Å². The second-order valence-electron chi connectivity index (χ2n) is 7.77. The Morgan fingerprint density at radius 3 is 2.59 bits per heavy atom. The Labute approximate surface area is 181 Å². The van der Waals surface area contributed by atoms with Crippen LogP contribution in [-0.2, 0) is 16.1 Å². The van der Waals surface area contributed by atoms with E-state index in [0.717, 1.165) is 22.9 Å². The lowest BCUT2D eigenvalue weighted by Crippen LogP contribution is -2.39. The molecule has 2 heterocycles. The average molecular weight is 431 g/mol. The summed E-state index contributed by atoms with van der Waals surface area (Å²) in [4.78, 5) is 8.36. The van der Waals surface area contributed by atoms with Crippen molar-refractivity contribution in [1.82, 2.24) is 9.97 Å². The normalized spacial score (nSPS) is 26.9. The van der Waals surface area contributed by atoms with E-state index in [1.807, 2.05) is 36.4 Å². The Morgan fingerprint density at radius 1 is 1.10 bits per heavy atom. The molecule has 4 rings (SSSR count). The topological polar surface area (TPSA) is 44.2 Å². The molecule has 0 N–H and O–H groups in total. The molecule has 0 bridgehead atoms. The standard InChI is InChI=1S/C23H24Cl2N2O2/c1-4-19-14(2)23(3,28-13-15-8-6-5-7-9-15)20(29-19)16-10-11-17-18(12-16)26-22(25)27-21(17)24/h5-12,14,19-20H,4,13H2,1-3H3/t14-,19-,20+,23-/m1/s1. The minimum atomic E-state index is -0.481. The highest BCUT2D eigenvalue weighted by Gasteiger charge is 2.52. The monoisotopic (exact) mass is 430 g/mol. The summed E-state index contributed by atoms with van der Waals surface area (Å²) in [6.07, 6.45) is 0.826. The Balaban J connectivity index is 1.70. The number of hydrogen-bond donors (Lipinski definition) is 0. The van der Waals surface area contributed by atoms with E-state index in [2.05, 4.69) is 42.9 Å². The summed E-state index contributed by atoms with van der Waals surface area (Å²) in [7, 11) is 0. The van der Waals surface area contributed by atoms with Gasteiger partial charge < -0.3 is 9.47 Å². The summed E-state index contributed by atoms with van der Waals surface area (Å²) >= 11 is 12.2. The number of halogens is 2. The van der Waals surface area contributed by atoms with Crippen molar-refractivity contribution in [2.45, 2.75) is 51.6 Å². The van der Waals surface area contributed by atoms with Crippen LogP contribution in [0, 0.1) is 5.92 Å². The van der Waals surface area contributed by atoms with Crippen LogP contribution in [0.1, 0.15) is 44.4 Å². The smallest absolute Gasteiger partial charge is 0.224 e. The highest BCUT2D eigenvalue weighted by molar-refractivity contribution is 6.35. The van der Waals surface area contributed by atoms with Gasteiger partial charge in [-0.1, -0.05) is 61.8 Å². The fraction of sp³-hybridized carbons (Fsp3) is 0.391. The highest BCUT2D eigenvalue weighted by Crippen LogP contribution is 2.49. The van der Waals surface area contributed by atoms with Gasteiger partial charge in [0, 0.05) is 11.3 Å². The first-order chi connectivity index (χ1) is 13.9. The minimum Gasteiger partial charge on any atom is -0.367 e. The van der Waals surface area contributed by atoms with Crippen molar-refractivity contribution in [2.75, 3.05) is 0 Å². The molecule has 1 fully saturated rings. The molecule has 2 aromatic carbocycles. The number of hydrogen-bond acceptors (Lipinski definition) is 4. The maximum Gasteiger partial charge on any atom is 0.224 e. The van der Waals surface area contributed by atoms with E-state index in [9.17, 15) is 0 Å². The van der Waals surface area contributed by atoms with Gasteiger partial charge in [0.25, 0.3) is 0 Å². The first-order valence-electron chi connectivity index (χ1n) is 9.88. The number of benzene rings is 2. The van der Waals surface area contributed by atoms with Crippen molar-refractivity contribution in [3.8, 4) is 0 Å². The van der Waals surface area contributed by atoms with Crippen LogP contribution in [0.2, 0.25) is 10.4 Å². The molecule has 1 aliphatic heterocycles. The molecular formula is C23H24Cl2N2O2. The number of rotatable bonds is 5. The number of nitrogens with zero attached hydrogens (tertiary/aromatic N) is 2. The summed E-state index contributed by atoms with van der Waals surface area (Å²) < 4.78 is 13.0. The van der Waals surface area contributed by atoms with Crippen molar-refractivity contribution < 1.29 is 9.47 Å². The second kappa shape index (κ2) is 8.19. The van der Waals surface area contributed by atoms with Gasteiger partial charge in [0.05, 0.1) is 18.2 Å². The molecule has 6 heteroatoms. The van der Waals surface area contributed by atoms with E-state index < -0.39 is 5.60 Å². The first kappa shape index (κ1) is 20.5. The molecule has 0 spiro atoms. The molecule has 152 valence electrons. The molecule has 0 radical (unpaired) electrons. The molecule has 0 saturated carbocycles. The van der Waals surface area contributed by atoms with Gasteiger partial charge in [-0.05, 0) is 48.2 Å². The van der Waals surface area contributed by atoms with E-state index in [4.69, 9.17) is 32.7 Å². The van der Waals surface area contributed by atoms with Gasteiger partial charge in [0.2, 0.25) is 5.28 Å². The molecule has 4 nitrogen and oxygen atoms in total. The van der Waals surface area contributed by atoms with Gasteiger partial charge in [-0.2, -0.15) is 0 Å². The molecule has 1 aliphatic rings. The van der Waals surface area contributed by atoms with Crippen LogP contribution < -0.4 is 0 Å². The third-order valence-corrected chi connectivity index (χ3v) is 6.50. The zero-order valence-electron chi connectivity index (χ0n) is 16.7. The van der Waals surface area contributed by atoms with E-state index in [1.54, 1.807) is 0 Å². The highest BCUT2D eigenvalue weighted by atomic mass is 35.5. The third-order valence-electron chi connectivity index (χ3n) is 6.04. The minimum absolute atomic E-state index is 0.119. The zero-order valence-corrected chi connectivity index (χ0v) is 18.2. The fourth-order valence-corrected chi connectivity index (χ4v) is 4.62. The average Bonchev–Trinajstić information content (AvgIpc) is 2.97. The fourth-order valence-electron chi connectivity index (χ4n) is 4.16. The molecule has 4 atom stereocenters. The van der Waals surface area contributed by atoms with Crippen LogP contribution in [0.4, 0.5) is 0 Å². The predicted molar refractivity (Wildman–Crippen MR) is 116 cm³/mol. The van der Waals surface area contributed by atoms with Crippen LogP contribution in [0.3, 0.4) is 0 Å². The Morgan fingerprint density at radius 2 is 1.86 bits per heavy atom. The number of aromatic nitrogens is 2. The van der Waals surface area contributed by atoms with Gasteiger partial charge in [-0.25, -0.2) is 9.97 Å². The number of fused-ring (bicyclic) bond motifs is 1. The summed E-state index contributed by atoms with van der Waals surface area (Å²) in [5.74, 6) is 0.231. The summed E-state index contributed by atoms with van der Waals surface area (Å²) in [5.41, 5.74) is 2.37. The Kier molecular flexibility index (Phi) is 5.80. The summed E-state index contributed by atoms with van der Waals surface area (Å²) in [6.45, 7) is 7.03. The van der Waals surface area contributed by atoms with Crippen molar-refractivity contribution in [3.63, 3.8) is 0 Å². The Hall–Kier alpha value is -1.72.